The van der Waals surface area contributed by atoms with Crippen LogP contribution < -0.4 is 0 Å². The number of likely N-dealkylation sites (N-methyl/N-ethyl adjacent to an activating group) is 2. The second-order valence-electron chi connectivity index (χ2n) is 10.9. The van der Waals surface area contributed by atoms with E-state index in [1.807, 2.05) is 48.5 Å². The summed E-state index contributed by atoms with van der Waals surface area (Å²) in [6, 6.07) is 16.5. The zero-order valence-electron chi connectivity index (χ0n) is 20.2. The number of quaternary nitrogens is 2. The molecule has 2 aromatic carbocycles. The van der Waals surface area contributed by atoms with E-state index < -0.39 is 11.6 Å². The fourth-order valence-corrected chi connectivity index (χ4v) is 4.62. The van der Waals surface area contributed by atoms with Gasteiger partial charge >= 0.3 is 0 Å². The van der Waals surface area contributed by atoms with Gasteiger partial charge in [-0.05, 0) is 25.0 Å². The van der Waals surface area contributed by atoms with Crippen molar-refractivity contribution in [2.75, 3.05) is 54.5 Å². The molecule has 4 rings (SSSR count). The summed E-state index contributed by atoms with van der Waals surface area (Å²) in [5, 5.41) is 22.3. The lowest BCUT2D eigenvalue weighted by atomic mass is 9.95. The van der Waals surface area contributed by atoms with Gasteiger partial charge in [-0.3, -0.25) is 0 Å². The molecule has 2 saturated heterocycles. The summed E-state index contributed by atoms with van der Waals surface area (Å²) in [4.78, 5) is 0. The van der Waals surface area contributed by atoms with Gasteiger partial charge in [0.2, 0.25) is 11.6 Å². The summed E-state index contributed by atoms with van der Waals surface area (Å²) >= 11 is 0. The zero-order valence-corrected chi connectivity index (χ0v) is 20.2. The molecule has 4 atom stereocenters. The lowest BCUT2D eigenvalue weighted by molar-refractivity contribution is -0.935. The van der Waals surface area contributed by atoms with E-state index in [9.17, 15) is 10.2 Å². The van der Waals surface area contributed by atoms with Crippen LogP contribution in [-0.2, 0) is 21.0 Å². The number of rotatable bonds is 3. The minimum absolute atomic E-state index is 0.337. The van der Waals surface area contributed by atoms with Crippen molar-refractivity contribution in [2.45, 2.75) is 37.5 Å². The van der Waals surface area contributed by atoms with Gasteiger partial charge in [0.15, 0.2) is 0 Å². The molecule has 0 radical (unpaired) electrons. The lowest BCUT2D eigenvalue weighted by Gasteiger charge is -2.47. The predicted octanol–water partition coefficient (Wildman–Crippen LogP) is 2.63. The molecule has 2 heterocycles. The summed E-state index contributed by atoms with van der Waals surface area (Å²) < 4.78 is 13.1. The van der Waals surface area contributed by atoms with Crippen LogP contribution in [0.5, 0.6) is 0 Å². The Morgan fingerprint density at radius 3 is 1.25 bits per heavy atom. The first kappa shape index (κ1) is 23.4. The van der Waals surface area contributed by atoms with Crippen molar-refractivity contribution in [3.05, 3.63) is 59.7 Å². The molecule has 6 heteroatoms. The Balaban J connectivity index is 1.52. The van der Waals surface area contributed by atoms with Crippen LogP contribution in [0.25, 0.3) is 11.1 Å². The minimum atomic E-state index is -1.28. The van der Waals surface area contributed by atoms with Crippen molar-refractivity contribution in [3.8, 4) is 11.1 Å². The summed E-state index contributed by atoms with van der Waals surface area (Å²) in [5.74, 6) is -2.55. The van der Waals surface area contributed by atoms with E-state index in [4.69, 9.17) is 9.47 Å². The molecule has 0 spiro atoms. The molecule has 174 valence electrons. The van der Waals surface area contributed by atoms with E-state index in [1.54, 1.807) is 0 Å². The molecule has 2 fully saturated rings. The molecule has 0 amide bonds. The van der Waals surface area contributed by atoms with Gasteiger partial charge in [0.1, 0.15) is 38.4 Å². The van der Waals surface area contributed by atoms with Gasteiger partial charge in [-0.1, -0.05) is 48.5 Å². The zero-order chi connectivity index (χ0) is 23.4. The van der Waals surface area contributed by atoms with E-state index in [0.29, 0.717) is 47.4 Å². The predicted molar refractivity (Wildman–Crippen MR) is 124 cm³/mol. The second-order valence-corrected chi connectivity index (χ2v) is 10.9. The standard InChI is InChI=1S/C26H38N2O4/c1-19-15-31-25(29,17-27(19,3)4)23-11-7-21(8-12-23)22-9-13-24(14-10-22)26(30)18-28(5,6)20(2)16-32-26/h7-14,19-20,29-30H,15-18H2,1-6H3/q+2. The van der Waals surface area contributed by atoms with Crippen LogP contribution in [0.3, 0.4) is 0 Å². The van der Waals surface area contributed by atoms with E-state index in [2.05, 4.69) is 42.0 Å². The number of hydrogen-bond acceptors (Lipinski definition) is 4. The van der Waals surface area contributed by atoms with Crippen molar-refractivity contribution in [3.63, 3.8) is 0 Å². The highest BCUT2D eigenvalue weighted by molar-refractivity contribution is 5.64. The highest BCUT2D eigenvalue weighted by atomic mass is 16.6. The van der Waals surface area contributed by atoms with E-state index >= 15 is 0 Å². The van der Waals surface area contributed by atoms with Crippen molar-refractivity contribution >= 4 is 0 Å². The maximum atomic E-state index is 11.1. The molecule has 0 saturated carbocycles. The van der Waals surface area contributed by atoms with E-state index in [1.165, 1.54) is 0 Å². The van der Waals surface area contributed by atoms with Crippen molar-refractivity contribution in [2.24, 2.45) is 0 Å². The molecule has 2 N–H and O–H groups in total. The Bertz CT molecular complexity index is 877. The first-order valence-corrected chi connectivity index (χ1v) is 11.4. The van der Waals surface area contributed by atoms with Gasteiger partial charge in [0.25, 0.3) is 0 Å². The van der Waals surface area contributed by atoms with Gasteiger partial charge in [-0.15, -0.1) is 0 Å². The van der Waals surface area contributed by atoms with Crippen LogP contribution in [0.1, 0.15) is 25.0 Å². The number of aliphatic hydroxyl groups is 2. The third-order valence-electron chi connectivity index (χ3n) is 7.76. The normalized spacial score (nSPS) is 34.2. The lowest BCUT2D eigenvalue weighted by Crippen LogP contribution is -2.62. The van der Waals surface area contributed by atoms with Gasteiger partial charge < -0.3 is 28.7 Å². The van der Waals surface area contributed by atoms with Crippen LogP contribution in [0.2, 0.25) is 0 Å². The van der Waals surface area contributed by atoms with E-state index in [-0.39, 0.29) is 0 Å². The Morgan fingerprint density at radius 2 is 0.969 bits per heavy atom. The summed E-state index contributed by atoms with van der Waals surface area (Å²) in [7, 11) is 8.49. The number of benzene rings is 2. The minimum Gasteiger partial charge on any atom is -0.357 e. The van der Waals surface area contributed by atoms with Crippen LogP contribution in [0, 0.1) is 0 Å². The molecule has 2 aliphatic heterocycles. The molecular weight excluding hydrogens is 404 g/mol. The van der Waals surface area contributed by atoms with Gasteiger partial charge in [-0.25, -0.2) is 0 Å². The molecule has 4 unspecified atom stereocenters. The number of hydrogen-bond donors (Lipinski definition) is 2. The number of ether oxygens (including phenoxy) is 2. The SMILES string of the molecule is CC1COC(O)(c2ccc(-c3ccc(C4(O)C[N+](C)(C)C(C)CO4)cc3)cc2)C[N+]1(C)C. The Kier molecular flexibility index (Phi) is 5.77. The maximum absolute atomic E-state index is 11.1. The number of nitrogens with zero attached hydrogens (tertiary/aromatic N) is 2. The highest BCUT2D eigenvalue weighted by Crippen LogP contribution is 2.35. The molecule has 6 nitrogen and oxygen atoms in total. The fourth-order valence-electron chi connectivity index (χ4n) is 4.62. The average Bonchev–Trinajstić information content (AvgIpc) is 2.74. The average molecular weight is 443 g/mol. The van der Waals surface area contributed by atoms with Gasteiger partial charge in [-0.2, -0.15) is 0 Å². The van der Waals surface area contributed by atoms with Crippen LogP contribution in [-0.4, -0.2) is 85.8 Å². The first-order chi connectivity index (χ1) is 14.8. The Morgan fingerprint density at radius 1 is 0.656 bits per heavy atom. The largest absolute Gasteiger partial charge is 0.357 e. The third kappa shape index (κ3) is 4.23. The van der Waals surface area contributed by atoms with Crippen LogP contribution in [0.15, 0.2) is 48.5 Å². The summed E-state index contributed by atoms with van der Waals surface area (Å²) in [6.07, 6.45) is 0. The van der Waals surface area contributed by atoms with Gasteiger partial charge in [0.05, 0.1) is 28.2 Å². The Hall–Kier alpha value is -1.80. The number of morpholine rings is 2. The quantitative estimate of drug-likeness (QED) is 0.718. The molecule has 32 heavy (non-hydrogen) atoms. The monoisotopic (exact) mass is 442 g/mol. The van der Waals surface area contributed by atoms with Crippen molar-refractivity contribution < 1.29 is 28.7 Å². The third-order valence-corrected chi connectivity index (χ3v) is 7.76. The summed E-state index contributed by atoms with van der Waals surface area (Å²) in [5.41, 5.74) is 3.64. The van der Waals surface area contributed by atoms with Crippen molar-refractivity contribution in [1.82, 2.24) is 0 Å². The van der Waals surface area contributed by atoms with Crippen LogP contribution in [0.4, 0.5) is 0 Å². The molecule has 2 aromatic rings. The molecule has 0 aliphatic carbocycles. The van der Waals surface area contributed by atoms with Crippen molar-refractivity contribution in [1.29, 1.82) is 0 Å². The summed E-state index contributed by atoms with van der Waals surface area (Å²) in [6.45, 7) is 6.34. The van der Waals surface area contributed by atoms with Crippen LogP contribution >= 0.6 is 0 Å². The second kappa shape index (κ2) is 7.90. The Labute approximate surface area is 191 Å². The fraction of sp³-hybridized carbons (Fsp3) is 0.538. The first-order valence-electron chi connectivity index (χ1n) is 11.4. The van der Waals surface area contributed by atoms with Gasteiger partial charge in [0, 0.05) is 11.1 Å². The molecular formula is C26H38N2O4+2. The molecule has 2 aliphatic rings. The smallest absolute Gasteiger partial charge is 0.243 e. The topological polar surface area (TPSA) is 58.9 Å². The van der Waals surface area contributed by atoms with E-state index in [0.717, 1.165) is 22.3 Å². The highest BCUT2D eigenvalue weighted by Gasteiger charge is 2.46. The molecule has 0 bridgehead atoms. The maximum Gasteiger partial charge on any atom is 0.243 e. The molecule has 0 aromatic heterocycles.